The van der Waals surface area contributed by atoms with Crippen LogP contribution in [-0.4, -0.2) is 10.7 Å². The molecule has 2 aliphatic rings. The molecule has 1 N–H and O–H groups in total. The highest BCUT2D eigenvalue weighted by Crippen LogP contribution is 2.43. The quantitative estimate of drug-likeness (QED) is 0.654. The molecule has 1 unspecified atom stereocenters. The molecule has 0 heterocycles. The molecule has 1 heteroatoms. The van der Waals surface area contributed by atoms with Crippen LogP contribution >= 0.6 is 0 Å². The van der Waals surface area contributed by atoms with Gasteiger partial charge in [-0.2, -0.15) is 0 Å². The molecule has 0 aromatic rings. The highest BCUT2D eigenvalue weighted by molar-refractivity contribution is 5.15. The van der Waals surface area contributed by atoms with Crippen LogP contribution in [0.5, 0.6) is 0 Å². The molecular weight excluding hydrogens is 160 g/mol. The van der Waals surface area contributed by atoms with Crippen molar-refractivity contribution in [2.75, 3.05) is 0 Å². The van der Waals surface area contributed by atoms with Crippen LogP contribution in [0.15, 0.2) is 24.3 Å². The van der Waals surface area contributed by atoms with Crippen LogP contribution < -0.4 is 0 Å². The maximum Gasteiger partial charge on any atom is 0.0858 e. The molecule has 2 aliphatic carbocycles. The first kappa shape index (κ1) is 9.01. The van der Waals surface area contributed by atoms with Gasteiger partial charge in [0.05, 0.1) is 5.60 Å². The molecule has 0 aromatic carbocycles. The summed E-state index contributed by atoms with van der Waals surface area (Å²) in [6, 6.07) is 0. The van der Waals surface area contributed by atoms with E-state index in [9.17, 15) is 5.11 Å². The van der Waals surface area contributed by atoms with E-state index in [2.05, 4.69) is 12.2 Å². The standard InChI is InChI=1S/C12H18O/c13-12(11-7-8-11)9-5-3-1-2-4-6-10-12/h1,3,5,9,11,13H,2,4,6-8,10H2/b3-1+,9-5-. The lowest BCUT2D eigenvalue weighted by Crippen LogP contribution is -2.28. The summed E-state index contributed by atoms with van der Waals surface area (Å²) in [5, 5.41) is 10.3. The second-order valence-corrected chi connectivity index (χ2v) is 4.30. The van der Waals surface area contributed by atoms with Gasteiger partial charge in [-0.25, -0.2) is 0 Å². The third kappa shape index (κ3) is 2.22. The fourth-order valence-electron chi connectivity index (χ4n) is 2.07. The van der Waals surface area contributed by atoms with Crippen LogP contribution in [0.4, 0.5) is 0 Å². The second kappa shape index (κ2) is 3.67. The average Bonchev–Trinajstić information content (AvgIpc) is 2.92. The van der Waals surface area contributed by atoms with Gasteiger partial charge in [-0.1, -0.05) is 24.3 Å². The molecule has 0 spiro atoms. The van der Waals surface area contributed by atoms with Crippen molar-refractivity contribution in [3.63, 3.8) is 0 Å². The van der Waals surface area contributed by atoms with Crippen molar-refractivity contribution in [1.29, 1.82) is 0 Å². The number of allylic oxidation sites excluding steroid dienone is 3. The molecule has 1 atom stereocenters. The largest absolute Gasteiger partial charge is 0.385 e. The smallest absolute Gasteiger partial charge is 0.0858 e. The maximum atomic E-state index is 10.3. The van der Waals surface area contributed by atoms with E-state index >= 15 is 0 Å². The van der Waals surface area contributed by atoms with E-state index in [1.807, 2.05) is 12.2 Å². The zero-order chi connectivity index (χ0) is 9.15. The minimum atomic E-state index is -0.477. The third-order valence-corrected chi connectivity index (χ3v) is 3.11. The zero-order valence-electron chi connectivity index (χ0n) is 8.08. The van der Waals surface area contributed by atoms with Crippen LogP contribution in [0.3, 0.4) is 0 Å². The third-order valence-electron chi connectivity index (χ3n) is 3.11. The van der Waals surface area contributed by atoms with Gasteiger partial charge in [0, 0.05) is 0 Å². The molecule has 13 heavy (non-hydrogen) atoms. The Hall–Kier alpha value is -0.560. The van der Waals surface area contributed by atoms with E-state index in [0.29, 0.717) is 5.92 Å². The highest BCUT2D eigenvalue weighted by Gasteiger charge is 2.41. The molecule has 0 amide bonds. The molecule has 2 rings (SSSR count). The summed E-state index contributed by atoms with van der Waals surface area (Å²) in [4.78, 5) is 0. The van der Waals surface area contributed by atoms with Gasteiger partial charge < -0.3 is 5.11 Å². The lowest BCUT2D eigenvalue weighted by molar-refractivity contribution is 0.0559. The SMILES string of the molecule is OC1(C2CC2)/C=C\C=C\CCCC1. The number of hydrogen-bond donors (Lipinski definition) is 1. The number of rotatable bonds is 1. The summed E-state index contributed by atoms with van der Waals surface area (Å²) in [7, 11) is 0. The van der Waals surface area contributed by atoms with Crippen LogP contribution in [0.25, 0.3) is 0 Å². The van der Waals surface area contributed by atoms with Gasteiger partial charge in [0.2, 0.25) is 0 Å². The molecule has 0 radical (unpaired) electrons. The average molecular weight is 178 g/mol. The van der Waals surface area contributed by atoms with Crippen molar-refractivity contribution in [3.8, 4) is 0 Å². The van der Waals surface area contributed by atoms with Crippen LogP contribution in [0.1, 0.15) is 38.5 Å². The first-order chi connectivity index (χ1) is 6.31. The monoisotopic (exact) mass is 178 g/mol. The van der Waals surface area contributed by atoms with E-state index < -0.39 is 5.60 Å². The Morgan fingerprint density at radius 1 is 1.15 bits per heavy atom. The lowest BCUT2D eigenvalue weighted by atomic mass is 9.91. The van der Waals surface area contributed by atoms with Crippen molar-refractivity contribution in [2.24, 2.45) is 5.92 Å². The summed E-state index contributed by atoms with van der Waals surface area (Å²) in [6.07, 6.45) is 15.2. The Morgan fingerprint density at radius 2 is 2.00 bits per heavy atom. The predicted molar refractivity (Wildman–Crippen MR) is 54.4 cm³/mol. The highest BCUT2D eigenvalue weighted by atomic mass is 16.3. The summed E-state index contributed by atoms with van der Waals surface area (Å²) < 4.78 is 0. The maximum absolute atomic E-state index is 10.3. The molecule has 72 valence electrons. The first-order valence-electron chi connectivity index (χ1n) is 5.38. The fraction of sp³-hybridized carbons (Fsp3) is 0.667. The minimum absolute atomic E-state index is 0.477. The molecule has 1 saturated carbocycles. The number of aliphatic hydroxyl groups is 1. The fourth-order valence-corrected chi connectivity index (χ4v) is 2.07. The van der Waals surface area contributed by atoms with Gasteiger partial charge in [0.1, 0.15) is 0 Å². The number of hydrogen-bond acceptors (Lipinski definition) is 1. The Morgan fingerprint density at radius 3 is 2.77 bits per heavy atom. The summed E-state index contributed by atoms with van der Waals surface area (Å²) >= 11 is 0. The van der Waals surface area contributed by atoms with Crippen LogP contribution in [0, 0.1) is 5.92 Å². The van der Waals surface area contributed by atoms with Crippen molar-refractivity contribution >= 4 is 0 Å². The van der Waals surface area contributed by atoms with Gasteiger partial charge in [0.25, 0.3) is 0 Å². The summed E-state index contributed by atoms with van der Waals surface area (Å²) in [5.74, 6) is 0.551. The zero-order valence-corrected chi connectivity index (χ0v) is 8.08. The Labute approximate surface area is 80.2 Å². The molecule has 0 saturated heterocycles. The second-order valence-electron chi connectivity index (χ2n) is 4.30. The Kier molecular flexibility index (Phi) is 2.54. The van der Waals surface area contributed by atoms with Crippen molar-refractivity contribution < 1.29 is 5.11 Å². The van der Waals surface area contributed by atoms with Crippen molar-refractivity contribution in [3.05, 3.63) is 24.3 Å². The van der Waals surface area contributed by atoms with Gasteiger partial charge in [-0.15, -0.1) is 0 Å². The topological polar surface area (TPSA) is 20.2 Å². The van der Waals surface area contributed by atoms with Gasteiger partial charge in [0.15, 0.2) is 0 Å². The van der Waals surface area contributed by atoms with E-state index in [0.717, 1.165) is 19.3 Å². The van der Waals surface area contributed by atoms with Crippen molar-refractivity contribution in [2.45, 2.75) is 44.1 Å². The van der Waals surface area contributed by atoms with E-state index in [4.69, 9.17) is 0 Å². The molecule has 1 nitrogen and oxygen atoms in total. The Bertz CT molecular complexity index is 225. The van der Waals surface area contributed by atoms with Crippen molar-refractivity contribution in [1.82, 2.24) is 0 Å². The first-order valence-corrected chi connectivity index (χ1v) is 5.38. The van der Waals surface area contributed by atoms with E-state index in [-0.39, 0.29) is 0 Å². The van der Waals surface area contributed by atoms with E-state index in [1.54, 1.807) is 0 Å². The van der Waals surface area contributed by atoms with Gasteiger partial charge >= 0.3 is 0 Å². The Balaban J connectivity index is 2.06. The molecule has 1 fully saturated rings. The molecule has 0 aliphatic heterocycles. The van der Waals surface area contributed by atoms with Gasteiger partial charge in [-0.3, -0.25) is 0 Å². The normalized spacial score (nSPS) is 40.1. The summed E-state index contributed by atoms with van der Waals surface area (Å²) in [5.41, 5.74) is -0.477. The summed E-state index contributed by atoms with van der Waals surface area (Å²) in [6.45, 7) is 0. The predicted octanol–water partition coefficient (Wildman–Crippen LogP) is 2.81. The molecular formula is C12H18O. The van der Waals surface area contributed by atoms with E-state index in [1.165, 1.54) is 19.3 Å². The van der Waals surface area contributed by atoms with Crippen LogP contribution in [-0.2, 0) is 0 Å². The molecule has 0 bridgehead atoms. The lowest BCUT2D eigenvalue weighted by Gasteiger charge is -2.23. The minimum Gasteiger partial charge on any atom is -0.385 e. The molecule has 0 aromatic heterocycles. The van der Waals surface area contributed by atoms with Crippen LogP contribution in [0.2, 0.25) is 0 Å². The van der Waals surface area contributed by atoms with Gasteiger partial charge in [-0.05, 0) is 44.4 Å².